The maximum absolute atomic E-state index is 9.71. The highest BCUT2D eigenvalue weighted by Crippen LogP contribution is 2.32. The summed E-state index contributed by atoms with van der Waals surface area (Å²) in [6.07, 6.45) is 3.34. The quantitative estimate of drug-likeness (QED) is 0.694. The molecular formula is C11H21NO2. The summed E-state index contributed by atoms with van der Waals surface area (Å²) in [4.78, 5) is 0. The molecule has 2 heterocycles. The molecule has 0 saturated carbocycles. The lowest BCUT2D eigenvalue weighted by atomic mass is 9.79. The molecule has 0 radical (unpaired) electrons. The van der Waals surface area contributed by atoms with Crippen LogP contribution in [0.15, 0.2) is 0 Å². The van der Waals surface area contributed by atoms with Crippen LogP contribution >= 0.6 is 0 Å². The van der Waals surface area contributed by atoms with Crippen LogP contribution in [0.25, 0.3) is 0 Å². The van der Waals surface area contributed by atoms with Crippen molar-refractivity contribution in [3.05, 3.63) is 0 Å². The molecule has 2 bridgehead atoms. The summed E-state index contributed by atoms with van der Waals surface area (Å²) in [5, 5.41) is 13.3. The van der Waals surface area contributed by atoms with Crippen molar-refractivity contribution < 1.29 is 9.84 Å². The van der Waals surface area contributed by atoms with Crippen LogP contribution in [0.1, 0.15) is 33.1 Å². The van der Waals surface area contributed by atoms with Gasteiger partial charge in [0.25, 0.3) is 0 Å². The van der Waals surface area contributed by atoms with Crippen molar-refractivity contribution in [2.24, 2.45) is 5.92 Å². The molecule has 5 atom stereocenters. The highest BCUT2D eigenvalue weighted by atomic mass is 16.5. The van der Waals surface area contributed by atoms with Gasteiger partial charge in [0.2, 0.25) is 0 Å². The highest BCUT2D eigenvalue weighted by molar-refractivity contribution is 4.97. The van der Waals surface area contributed by atoms with Crippen molar-refractivity contribution in [1.82, 2.24) is 5.32 Å². The van der Waals surface area contributed by atoms with Crippen molar-refractivity contribution in [2.45, 2.75) is 57.4 Å². The van der Waals surface area contributed by atoms with Crippen molar-refractivity contribution >= 4 is 0 Å². The van der Waals surface area contributed by atoms with E-state index >= 15 is 0 Å². The number of hydrogen-bond acceptors (Lipinski definition) is 3. The average molecular weight is 199 g/mol. The van der Waals surface area contributed by atoms with Crippen LogP contribution in [0.2, 0.25) is 0 Å². The largest absolute Gasteiger partial charge is 0.389 e. The van der Waals surface area contributed by atoms with Crippen molar-refractivity contribution in [3.63, 3.8) is 0 Å². The van der Waals surface area contributed by atoms with Gasteiger partial charge in [0.1, 0.15) is 0 Å². The Morgan fingerprint density at radius 3 is 2.79 bits per heavy atom. The van der Waals surface area contributed by atoms with Crippen molar-refractivity contribution in [1.29, 1.82) is 0 Å². The smallest absolute Gasteiger partial charge is 0.0927 e. The fourth-order valence-electron chi connectivity index (χ4n) is 2.92. The predicted molar refractivity (Wildman–Crippen MR) is 55.1 cm³/mol. The summed E-state index contributed by atoms with van der Waals surface area (Å²) < 4.78 is 5.71. The molecule has 14 heavy (non-hydrogen) atoms. The number of aliphatic hydroxyl groups excluding tert-OH is 1. The minimum Gasteiger partial charge on any atom is -0.389 e. The summed E-state index contributed by atoms with van der Waals surface area (Å²) in [6.45, 7) is 4.94. The molecule has 3 nitrogen and oxygen atoms in total. The first-order chi connectivity index (χ1) is 6.76. The van der Waals surface area contributed by atoms with Gasteiger partial charge in [0.15, 0.2) is 0 Å². The van der Waals surface area contributed by atoms with E-state index in [0.29, 0.717) is 24.7 Å². The molecule has 0 aliphatic carbocycles. The molecule has 0 aromatic carbocycles. The van der Waals surface area contributed by atoms with Crippen LogP contribution in [0.4, 0.5) is 0 Å². The van der Waals surface area contributed by atoms with Gasteiger partial charge in [-0.05, 0) is 19.3 Å². The Morgan fingerprint density at radius 1 is 1.36 bits per heavy atom. The van der Waals surface area contributed by atoms with Gasteiger partial charge in [-0.15, -0.1) is 0 Å². The third-order valence-electron chi connectivity index (χ3n) is 3.77. The maximum atomic E-state index is 9.71. The van der Waals surface area contributed by atoms with Crippen LogP contribution < -0.4 is 5.32 Å². The SMILES string of the molecule is CCC1N[C@@H]2C[C@H](OC[C@H]2O)C1CC. The lowest BCUT2D eigenvalue weighted by Crippen LogP contribution is -2.62. The molecule has 3 heteroatoms. The molecule has 2 aliphatic heterocycles. The summed E-state index contributed by atoms with van der Waals surface area (Å²) >= 11 is 0. The van der Waals surface area contributed by atoms with E-state index in [0.717, 1.165) is 12.8 Å². The Kier molecular flexibility index (Phi) is 3.10. The molecule has 82 valence electrons. The Bertz CT molecular complexity index is 196. The maximum Gasteiger partial charge on any atom is 0.0927 e. The number of piperidine rings is 1. The number of rotatable bonds is 2. The molecule has 0 spiro atoms. The van der Waals surface area contributed by atoms with Crippen LogP contribution in [0, 0.1) is 5.92 Å². The molecule has 0 amide bonds. The Morgan fingerprint density at radius 2 is 2.14 bits per heavy atom. The van der Waals surface area contributed by atoms with E-state index < -0.39 is 0 Å². The van der Waals surface area contributed by atoms with Crippen LogP contribution in [0.5, 0.6) is 0 Å². The number of fused-ring (bicyclic) bond motifs is 2. The Labute approximate surface area is 85.8 Å². The highest BCUT2D eigenvalue weighted by Gasteiger charge is 2.42. The summed E-state index contributed by atoms with van der Waals surface area (Å²) in [5.74, 6) is 0.628. The fourth-order valence-corrected chi connectivity index (χ4v) is 2.92. The number of aliphatic hydroxyl groups is 1. The van der Waals surface area contributed by atoms with Gasteiger partial charge in [-0.3, -0.25) is 0 Å². The number of ether oxygens (including phenoxy) is 1. The van der Waals surface area contributed by atoms with Crippen molar-refractivity contribution in [2.75, 3.05) is 6.61 Å². The Balaban J connectivity index is 2.08. The zero-order valence-corrected chi connectivity index (χ0v) is 9.07. The van der Waals surface area contributed by atoms with E-state index in [9.17, 15) is 5.11 Å². The van der Waals surface area contributed by atoms with Crippen molar-refractivity contribution in [3.8, 4) is 0 Å². The third kappa shape index (κ3) is 1.69. The van der Waals surface area contributed by atoms with Gasteiger partial charge in [-0.2, -0.15) is 0 Å². The first kappa shape index (κ1) is 10.4. The van der Waals surface area contributed by atoms with Crippen LogP contribution in [-0.4, -0.2) is 36.0 Å². The second-order valence-electron chi connectivity index (χ2n) is 4.53. The predicted octanol–water partition coefficient (Wildman–Crippen LogP) is 0.913. The summed E-state index contributed by atoms with van der Waals surface area (Å²) in [5.41, 5.74) is 0. The second kappa shape index (κ2) is 4.17. The monoisotopic (exact) mass is 199 g/mol. The first-order valence-electron chi connectivity index (χ1n) is 5.82. The number of nitrogens with one attached hydrogen (secondary N) is 1. The summed E-state index contributed by atoms with van der Waals surface area (Å²) in [7, 11) is 0. The van der Waals surface area contributed by atoms with Gasteiger partial charge in [-0.1, -0.05) is 13.8 Å². The van der Waals surface area contributed by atoms with Gasteiger partial charge < -0.3 is 15.2 Å². The number of hydrogen-bond donors (Lipinski definition) is 2. The van der Waals surface area contributed by atoms with Gasteiger partial charge in [0, 0.05) is 18.0 Å². The molecule has 0 aromatic heterocycles. The third-order valence-corrected chi connectivity index (χ3v) is 3.77. The van der Waals surface area contributed by atoms with Gasteiger partial charge in [0.05, 0.1) is 18.8 Å². The van der Waals surface area contributed by atoms with E-state index in [1.807, 2.05) is 0 Å². The van der Waals surface area contributed by atoms with Gasteiger partial charge >= 0.3 is 0 Å². The lowest BCUT2D eigenvalue weighted by Gasteiger charge is -2.47. The molecule has 0 aromatic rings. The van der Waals surface area contributed by atoms with Crippen LogP contribution in [0.3, 0.4) is 0 Å². The average Bonchev–Trinajstić information content (AvgIpc) is 2.23. The fraction of sp³-hybridized carbons (Fsp3) is 1.00. The molecule has 2 saturated heterocycles. The zero-order valence-electron chi connectivity index (χ0n) is 9.07. The molecule has 2 unspecified atom stereocenters. The second-order valence-corrected chi connectivity index (χ2v) is 4.53. The minimum atomic E-state index is -0.307. The lowest BCUT2D eigenvalue weighted by molar-refractivity contribution is -0.126. The molecule has 2 N–H and O–H groups in total. The molecule has 2 aliphatic rings. The van der Waals surface area contributed by atoms with E-state index in [-0.39, 0.29) is 12.1 Å². The molecule has 2 fully saturated rings. The minimum absolute atomic E-state index is 0.265. The van der Waals surface area contributed by atoms with E-state index in [1.54, 1.807) is 0 Å². The topological polar surface area (TPSA) is 41.5 Å². The summed E-state index contributed by atoms with van der Waals surface area (Å²) in [6, 6.07) is 0.792. The normalized spacial score (nSPS) is 47.8. The molecular weight excluding hydrogens is 178 g/mol. The molecule has 2 rings (SSSR count). The van der Waals surface area contributed by atoms with E-state index in [4.69, 9.17) is 4.74 Å². The Hall–Kier alpha value is -0.120. The van der Waals surface area contributed by atoms with Crippen LogP contribution in [-0.2, 0) is 4.74 Å². The zero-order chi connectivity index (χ0) is 10.1. The van der Waals surface area contributed by atoms with E-state index in [1.165, 1.54) is 6.42 Å². The van der Waals surface area contributed by atoms with E-state index in [2.05, 4.69) is 19.2 Å². The standard InChI is InChI=1S/C11H21NO2/c1-3-7-8(4-2)12-9-5-11(7)14-6-10(9)13/h7-13H,3-6H2,1-2H3/t7?,8?,9-,10-,11+/m1/s1. The first-order valence-corrected chi connectivity index (χ1v) is 5.82. The van der Waals surface area contributed by atoms with Gasteiger partial charge in [-0.25, -0.2) is 0 Å².